The summed E-state index contributed by atoms with van der Waals surface area (Å²) in [5.41, 5.74) is 7.49. The number of nitrogens with two attached hydrogens (primary N) is 1. The van der Waals surface area contributed by atoms with Gasteiger partial charge in [-0.25, -0.2) is 4.98 Å². The van der Waals surface area contributed by atoms with Gasteiger partial charge >= 0.3 is 0 Å². The molecule has 3 atom stereocenters. The van der Waals surface area contributed by atoms with Gasteiger partial charge < -0.3 is 5.73 Å². The van der Waals surface area contributed by atoms with Crippen LogP contribution in [0.5, 0.6) is 0 Å². The highest BCUT2D eigenvalue weighted by molar-refractivity contribution is 7.09. The highest BCUT2D eigenvalue weighted by Gasteiger charge is 2.28. The van der Waals surface area contributed by atoms with Crippen molar-refractivity contribution in [3.8, 4) is 0 Å². The summed E-state index contributed by atoms with van der Waals surface area (Å²) >= 11 is 1.73. The largest absolute Gasteiger partial charge is 0.327 e. The zero-order valence-corrected chi connectivity index (χ0v) is 11.1. The van der Waals surface area contributed by atoms with Crippen molar-refractivity contribution in [2.45, 2.75) is 52.0 Å². The monoisotopic (exact) mass is 238 g/mol. The number of aromatic nitrogens is 1. The lowest BCUT2D eigenvalue weighted by Gasteiger charge is -2.18. The Morgan fingerprint density at radius 2 is 2.38 bits per heavy atom. The van der Waals surface area contributed by atoms with E-state index in [-0.39, 0.29) is 0 Å². The lowest BCUT2D eigenvalue weighted by molar-refractivity contribution is 0.403. The maximum absolute atomic E-state index is 6.30. The molecule has 16 heavy (non-hydrogen) atoms. The standard InChI is InChI=1S/C13H22N2S/c1-3-10-4-5-11(6-10)13(14)7-12-8-16-9(2)15-12/h8,10-11,13H,3-7,14H2,1-2H3. The van der Waals surface area contributed by atoms with Crippen molar-refractivity contribution in [2.24, 2.45) is 17.6 Å². The number of hydrogen-bond donors (Lipinski definition) is 1. The topological polar surface area (TPSA) is 38.9 Å². The van der Waals surface area contributed by atoms with E-state index in [9.17, 15) is 0 Å². The van der Waals surface area contributed by atoms with E-state index in [1.165, 1.54) is 31.4 Å². The highest BCUT2D eigenvalue weighted by Crippen LogP contribution is 2.35. The van der Waals surface area contributed by atoms with E-state index >= 15 is 0 Å². The summed E-state index contributed by atoms with van der Waals surface area (Å²) in [6.45, 7) is 4.35. The first-order valence-electron chi connectivity index (χ1n) is 6.35. The number of thiazole rings is 1. The molecule has 0 radical (unpaired) electrons. The second-order valence-electron chi connectivity index (χ2n) is 5.07. The molecule has 1 fully saturated rings. The van der Waals surface area contributed by atoms with Crippen LogP contribution in [0.4, 0.5) is 0 Å². The molecule has 1 heterocycles. The van der Waals surface area contributed by atoms with Crippen LogP contribution in [-0.4, -0.2) is 11.0 Å². The lowest BCUT2D eigenvalue weighted by atomic mass is 9.93. The van der Waals surface area contributed by atoms with Gasteiger partial charge in [0.05, 0.1) is 10.7 Å². The second kappa shape index (κ2) is 5.28. The van der Waals surface area contributed by atoms with Crippen LogP contribution in [0.15, 0.2) is 5.38 Å². The van der Waals surface area contributed by atoms with Crippen molar-refractivity contribution >= 4 is 11.3 Å². The molecule has 0 amide bonds. The Hall–Kier alpha value is -0.410. The van der Waals surface area contributed by atoms with Crippen molar-refractivity contribution in [2.75, 3.05) is 0 Å². The molecule has 0 saturated heterocycles. The minimum absolute atomic E-state index is 0.318. The summed E-state index contributed by atoms with van der Waals surface area (Å²) in [7, 11) is 0. The number of nitrogens with zero attached hydrogens (tertiary/aromatic N) is 1. The SMILES string of the molecule is CCC1CCC(C(N)Cc2csc(C)n2)C1. The summed E-state index contributed by atoms with van der Waals surface area (Å²) in [4.78, 5) is 4.50. The Bertz CT molecular complexity index is 334. The minimum Gasteiger partial charge on any atom is -0.327 e. The van der Waals surface area contributed by atoms with Gasteiger partial charge in [0.1, 0.15) is 0 Å². The molecule has 2 nitrogen and oxygen atoms in total. The van der Waals surface area contributed by atoms with Gasteiger partial charge in [0.2, 0.25) is 0 Å². The Balaban J connectivity index is 1.86. The predicted octanol–water partition coefficient (Wildman–Crippen LogP) is 3.15. The van der Waals surface area contributed by atoms with E-state index < -0.39 is 0 Å². The van der Waals surface area contributed by atoms with Crippen LogP contribution in [0, 0.1) is 18.8 Å². The Morgan fingerprint density at radius 1 is 1.56 bits per heavy atom. The zero-order valence-electron chi connectivity index (χ0n) is 10.3. The van der Waals surface area contributed by atoms with Gasteiger partial charge in [-0.3, -0.25) is 0 Å². The number of aryl methyl sites for hydroxylation is 1. The van der Waals surface area contributed by atoms with Crippen molar-refractivity contribution in [1.82, 2.24) is 4.98 Å². The average Bonchev–Trinajstić information content (AvgIpc) is 2.87. The molecular formula is C13H22N2S. The molecule has 1 aromatic rings. The fraction of sp³-hybridized carbons (Fsp3) is 0.769. The number of rotatable bonds is 4. The first-order chi connectivity index (χ1) is 7.69. The predicted molar refractivity (Wildman–Crippen MR) is 69.7 cm³/mol. The second-order valence-corrected chi connectivity index (χ2v) is 6.14. The van der Waals surface area contributed by atoms with Crippen molar-refractivity contribution in [3.63, 3.8) is 0 Å². The molecule has 2 rings (SSSR count). The Morgan fingerprint density at radius 3 is 2.94 bits per heavy atom. The van der Waals surface area contributed by atoms with Crippen molar-refractivity contribution in [3.05, 3.63) is 16.1 Å². The van der Waals surface area contributed by atoms with E-state index in [4.69, 9.17) is 5.73 Å². The quantitative estimate of drug-likeness (QED) is 0.875. The zero-order chi connectivity index (χ0) is 11.5. The van der Waals surface area contributed by atoms with Crippen molar-refractivity contribution in [1.29, 1.82) is 0 Å². The van der Waals surface area contributed by atoms with Crippen molar-refractivity contribution < 1.29 is 0 Å². The lowest BCUT2D eigenvalue weighted by Crippen LogP contribution is -2.31. The molecule has 1 saturated carbocycles. The third kappa shape index (κ3) is 2.83. The first kappa shape index (κ1) is 12.1. The minimum atomic E-state index is 0.318. The van der Waals surface area contributed by atoms with E-state index in [1.54, 1.807) is 11.3 Å². The van der Waals surface area contributed by atoms with Crippen LogP contribution >= 0.6 is 11.3 Å². The van der Waals surface area contributed by atoms with Gasteiger partial charge in [0, 0.05) is 17.8 Å². The van der Waals surface area contributed by atoms with Gasteiger partial charge in [0.15, 0.2) is 0 Å². The number of hydrogen-bond acceptors (Lipinski definition) is 3. The van der Waals surface area contributed by atoms with Gasteiger partial charge in [-0.05, 0) is 31.6 Å². The first-order valence-corrected chi connectivity index (χ1v) is 7.23. The molecule has 0 bridgehead atoms. The summed E-state index contributed by atoms with van der Waals surface area (Å²) in [5, 5.41) is 3.31. The molecular weight excluding hydrogens is 216 g/mol. The molecule has 3 unspecified atom stereocenters. The van der Waals surface area contributed by atoms with Gasteiger partial charge in [-0.2, -0.15) is 0 Å². The third-order valence-electron chi connectivity index (χ3n) is 3.88. The summed E-state index contributed by atoms with van der Waals surface area (Å²) in [6.07, 6.45) is 6.32. The normalized spacial score (nSPS) is 27.2. The molecule has 3 heteroatoms. The maximum Gasteiger partial charge on any atom is 0.0897 e. The smallest absolute Gasteiger partial charge is 0.0897 e. The molecule has 1 aliphatic carbocycles. The third-order valence-corrected chi connectivity index (χ3v) is 4.70. The molecule has 0 aliphatic heterocycles. The Kier molecular flexibility index (Phi) is 3.98. The van der Waals surface area contributed by atoms with Crippen LogP contribution in [0.25, 0.3) is 0 Å². The molecule has 1 aromatic heterocycles. The summed E-state index contributed by atoms with van der Waals surface area (Å²) in [6, 6.07) is 0.318. The van der Waals surface area contributed by atoms with Crippen LogP contribution in [0.3, 0.4) is 0 Å². The molecule has 0 spiro atoms. The summed E-state index contributed by atoms with van der Waals surface area (Å²) in [5.74, 6) is 1.65. The molecule has 0 aromatic carbocycles. The fourth-order valence-corrected chi connectivity index (χ4v) is 3.41. The van der Waals surface area contributed by atoms with Crippen LogP contribution < -0.4 is 5.73 Å². The van der Waals surface area contributed by atoms with E-state index in [2.05, 4.69) is 24.2 Å². The van der Waals surface area contributed by atoms with Gasteiger partial charge in [-0.1, -0.05) is 19.8 Å². The fourth-order valence-electron chi connectivity index (χ4n) is 2.78. The summed E-state index contributed by atoms with van der Waals surface area (Å²) < 4.78 is 0. The van der Waals surface area contributed by atoms with Crippen LogP contribution in [0.2, 0.25) is 0 Å². The highest BCUT2D eigenvalue weighted by atomic mass is 32.1. The maximum atomic E-state index is 6.30. The van der Waals surface area contributed by atoms with Crippen LogP contribution in [0.1, 0.15) is 43.3 Å². The van der Waals surface area contributed by atoms with E-state index in [1.807, 2.05) is 0 Å². The van der Waals surface area contributed by atoms with Gasteiger partial charge in [-0.15, -0.1) is 11.3 Å². The van der Waals surface area contributed by atoms with E-state index in [0.717, 1.165) is 23.3 Å². The van der Waals surface area contributed by atoms with E-state index in [0.29, 0.717) is 6.04 Å². The average molecular weight is 238 g/mol. The molecule has 2 N–H and O–H groups in total. The molecule has 90 valence electrons. The molecule has 1 aliphatic rings. The Labute approximate surface area is 102 Å². The van der Waals surface area contributed by atoms with Crippen LogP contribution in [-0.2, 0) is 6.42 Å². The van der Waals surface area contributed by atoms with Gasteiger partial charge in [0.25, 0.3) is 0 Å².